The van der Waals surface area contributed by atoms with E-state index in [4.69, 9.17) is 0 Å². The largest absolute Gasteiger partial charge is 0.339 e. The molecule has 4 nitrogen and oxygen atoms in total. The van der Waals surface area contributed by atoms with Crippen molar-refractivity contribution >= 4 is 18.3 Å². The van der Waals surface area contributed by atoms with Crippen LogP contribution in [0.2, 0.25) is 0 Å². The zero-order valence-corrected chi connectivity index (χ0v) is 17.5. The van der Waals surface area contributed by atoms with Crippen molar-refractivity contribution in [3.05, 3.63) is 35.4 Å². The van der Waals surface area contributed by atoms with E-state index < -0.39 is 0 Å². The maximum absolute atomic E-state index is 12.4. The minimum atomic E-state index is 0. The van der Waals surface area contributed by atoms with Crippen molar-refractivity contribution in [2.24, 2.45) is 0 Å². The van der Waals surface area contributed by atoms with Crippen LogP contribution in [0.5, 0.6) is 0 Å². The van der Waals surface area contributed by atoms with Gasteiger partial charge in [0.2, 0.25) is 0 Å². The minimum Gasteiger partial charge on any atom is -0.339 e. The lowest BCUT2D eigenvalue weighted by Gasteiger charge is -2.30. The van der Waals surface area contributed by atoms with Gasteiger partial charge in [-0.05, 0) is 63.9 Å². The predicted molar refractivity (Wildman–Crippen MR) is 112 cm³/mol. The molecule has 1 fully saturated rings. The highest BCUT2D eigenvalue weighted by molar-refractivity contribution is 5.94. The minimum absolute atomic E-state index is 0. The van der Waals surface area contributed by atoms with Crippen LogP contribution < -0.4 is 5.32 Å². The molecule has 0 aromatic heterocycles. The molecule has 0 spiro atoms. The van der Waals surface area contributed by atoms with Gasteiger partial charge < -0.3 is 10.2 Å². The fourth-order valence-electron chi connectivity index (χ4n) is 3.73. The summed E-state index contributed by atoms with van der Waals surface area (Å²) in [6, 6.07) is 8.91. The molecule has 2 rings (SSSR count). The first-order chi connectivity index (χ1) is 12.2. The van der Waals surface area contributed by atoms with Gasteiger partial charge in [0.05, 0.1) is 0 Å². The number of halogens is 1. The third-order valence-corrected chi connectivity index (χ3v) is 5.24. The highest BCUT2D eigenvalue weighted by atomic mass is 35.5. The van der Waals surface area contributed by atoms with Crippen LogP contribution in [0, 0.1) is 0 Å². The fraction of sp³-hybridized carbons (Fsp3) is 0.667. The normalized spacial score (nSPS) is 16.4. The Morgan fingerprint density at radius 1 is 1.12 bits per heavy atom. The van der Waals surface area contributed by atoms with E-state index in [0.717, 1.165) is 44.7 Å². The zero-order valence-electron chi connectivity index (χ0n) is 16.7. The summed E-state index contributed by atoms with van der Waals surface area (Å²) in [6.45, 7) is 12.4. The molecule has 1 aliphatic rings. The van der Waals surface area contributed by atoms with Crippen LogP contribution in [0.4, 0.5) is 0 Å². The molecule has 1 N–H and O–H groups in total. The lowest BCUT2D eigenvalue weighted by molar-refractivity contribution is 0.0773. The van der Waals surface area contributed by atoms with Crippen LogP contribution in [0.3, 0.4) is 0 Å². The number of benzene rings is 1. The molecule has 148 valence electrons. The molecule has 1 heterocycles. The molecule has 5 heteroatoms. The van der Waals surface area contributed by atoms with Crippen LogP contribution in [0.15, 0.2) is 24.3 Å². The monoisotopic (exact) mass is 381 g/mol. The van der Waals surface area contributed by atoms with Crippen LogP contribution in [-0.2, 0) is 6.42 Å². The van der Waals surface area contributed by atoms with Gasteiger partial charge in [-0.15, -0.1) is 12.4 Å². The summed E-state index contributed by atoms with van der Waals surface area (Å²) in [6.07, 6.45) is 4.76. The van der Waals surface area contributed by atoms with Crippen LogP contribution >= 0.6 is 12.4 Å². The van der Waals surface area contributed by atoms with Crippen molar-refractivity contribution in [1.29, 1.82) is 0 Å². The quantitative estimate of drug-likeness (QED) is 0.747. The average Bonchev–Trinajstić information content (AvgIpc) is 2.92. The zero-order chi connectivity index (χ0) is 18.1. The number of amides is 1. The molecule has 1 unspecified atom stereocenters. The Morgan fingerprint density at radius 3 is 2.42 bits per heavy atom. The highest BCUT2D eigenvalue weighted by Gasteiger charge is 2.19. The van der Waals surface area contributed by atoms with Crippen LogP contribution in [-0.4, -0.2) is 61.0 Å². The van der Waals surface area contributed by atoms with Gasteiger partial charge in [-0.2, -0.15) is 0 Å². The molecule has 1 saturated heterocycles. The molecule has 1 aromatic carbocycles. The summed E-state index contributed by atoms with van der Waals surface area (Å²) in [5.41, 5.74) is 2.14. The van der Waals surface area contributed by atoms with Crippen molar-refractivity contribution in [3.63, 3.8) is 0 Å². The lowest BCUT2D eigenvalue weighted by atomic mass is 9.99. The van der Waals surface area contributed by atoms with Crippen molar-refractivity contribution < 1.29 is 4.79 Å². The third kappa shape index (κ3) is 6.57. The Kier molecular flexibility index (Phi) is 10.9. The second kappa shape index (κ2) is 12.3. The van der Waals surface area contributed by atoms with E-state index in [1.165, 1.54) is 31.4 Å². The summed E-state index contributed by atoms with van der Waals surface area (Å²) >= 11 is 0. The van der Waals surface area contributed by atoms with Gasteiger partial charge in [0.15, 0.2) is 0 Å². The first-order valence-electron chi connectivity index (χ1n) is 10.0. The Labute approximate surface area is 165 Å². The molecular weight excluding hydrogens is 346 g/mol. The van der Waals surface area contributed by atoms with E-state index >= 15 is 0 Å². The maximum Gasteiger partial charge on any atom is 0.253 e. The fourth-order valence-corrected chi connectivity index (χ4v) is 3.73. The SMILES string of the molecule is CCCC(Cc1ccc(C(=O)N(CC)CC)cc1)N1CCCNCC1.Cl. The van der Waals surface area contributed by atoms with E-state index in [0.29, 0.717) is 6.04 Å². The molecule has 0 radical (unpaired) electrons. The summed E-state index contributed by atoms with van der Waals surface area (Å²) in [5.74, 6) is 0.139. The molecule has 1 aromatic rings. The summed E-state index contributed by atoms with van der Waals surface area (Å²) in [5, 5.41) is 3.50. The molecular formula is C21H36ClN3O. The first-order valence-corrected chi connectivity index (χ1v) is 10.0. The molecule has 0 bridgehead atoms. The van der Waals surface area contributed by atoms with E-state index in [1.807, 2.05) is 30.9 Å². The molecule has 26 heavy (non-hydrogen) atoms. The number of carbonyl (C=O) groups is 1. The standard InChI is InChI=1S/C21H35N3O.ClH/c1-4-8-20(24-15-7-13-22-14-16-24)17-18-9-11-19(12-10-18)21(25)23(5-2)6-3;/h9-12,20,22H,4-8,13-17H2,1-3H3;1H. The van der Waals surface area contributed by atoms with Gasteiger partial charge >= 0.3 is 0 Å². The second-order valence-electron chi connectivity index (χ2n) is 6.96. The molecule has 1 atom stereocenters. The van der Waals surface area contributed by atoms with Gasteiger partial charge in [0, 0.05) is 37.8 Å². The van der Waals surface area contributed by atoms with Gasteiger partial charge in [-0.25, -0.2) is 0 Å². The average molecular weight is 382 g/mol. The van der Waals surface area contributed by atoms with E-state index in [9.17, 15) is 4.79 Å². The number of rotatable bonds is 8. The Balaban J connectivity index is 0.00000338. The Hall–Kier alpha value is -1.10. The van der Waals surface area contributed by atoms with Crippen LogP contribution in [0.25, 0.3) is 0 Å². The lowest BCUT2D eigenvalue weighted by Crippen LogP contribution is -2.39. The number of nitrogens with one attached hydrogen (secondary N) is 1. The van der Waals surface area contributed by atoms with Crippen molar-refractivity contribution in [1.82, 2.24) is 15.1 Å². The number of hydrogen-bond donors (Lipinski definition) is 1. The molecule has 1 aliphatic heterocycles. The second-order valence-corrected chi connectivity index (χ2v) is 6.96. The van der Waals surface area contributed by atoms with Gasteiger partial charge in [-0.1, -0.05) is 25.5 Å². The number of nitrogens with zero attached hydrogens (tertiary/aromatic N) is 2. The molecule has 1 amide bonds. The van der Waals surface area contributed by atoms with Gasteiger partial charge in [-0.3, -0.25) is 9.69 Å². The highest BCUT2D eigenvalue weighted by Crippen LogP contribution is 2.16. The van der Waals surface area contributed by atoms with Gasteiger partial charge in [0.1, 0.15) is 0 Å². The van der Waals surface area contributed by atoms with E-state index in [-0.39, 0.29) is 18.3 Å². The number of hydrogen-bond acceptors (Lipinski definition) is 3. The Morgan fingerprint density at radius 2 is 1.81 bits per heavy atom. The smallest absolute Gasteiger partial charge is 0.253 e. The maximum atomic E-state index is 12.4. The van der Waals surface area contributed by atoms with Crippen molar-refractivity contribution in [3.8, 4) is 0 Å². The topological polar surface area (TPSA) is 35.6 Å². The molecule has 0 saturated carbocycles. The first kappa shape index (κ1) is 22.9. The Bertz CT molecular complexity index is 508. The summed E-state index contributed by atoms with van der Waals surface area (Å²) in [7, 11) is 0. The molecule has 0 aliphatic carbocycles. The van der Waals surface area contributed by atoms with Crippen LogP contribution in [0.1, 0.15) is 56.0 Å². The van der Waals surface area contributed by atoms with E-state index in [1.54, 1.807) is 0 Å². The van der Waals surface area contributed by atoms with E-state index in [2.05, 4.69) is 29.3 Å². The van der Waals surface area contributed by atoms with Crippen molar-refractivity contribution in [2.75, 3.05) is 39.3 Å². The van der Waals surface area contributed by atoms with Crippen molar-refractivity contribution in [2.45, 2.75) is 52.5 Å². The van der Waals surface area contributed by atoms with Gasteiger partial charge in [0.25, 0.3) is 5.91 Å². The summed E-state index contributed by atoms with van der Waals surface area (Å²) < 4.78 is 0. The third-order valence-electron chi connectivity index (χ3n) is 5.24. The summed E-state index contributed by atoms with van der Waals surface area (Å²) in [4.78, 5) is 17.0. The predicted octanol–water partition coefficient (Wildman–Crippen LogP) is 3.60. The number of carbonyl (C=O) groups excluding carboxylic acids is 1.